The fourth-order valence-corrected chi connectivity index (χ4v) is 5.45. The quantitative estimate of drug-likeness (QED) is 0.265. The van der Waals surface area contributed by atoms with E-state index in [9.17, 15) is 4.79 Å². The van der Waals surface area contributed by atoms with E-state index in [0.29, 0.717) is 19.6 Å². The summed E-state index contributed by atoms with van der Waals surface area (Å²) in [7, 11) is 0. The maximum absolute atomic E-state index is 13.1. The molecule has 0 spiro atoms. The first-order valence-electron chi connectivity index (χ1n) is 12.9. The number of carbonyl (C=O) groups is 1. The van der Waals surface area contributed by atoms with Crippen LogP contribution in [-0.4, -0.2) is 28.6 Å². The normalized spacial score (nSPS) is 15.7. The van der Waals surface area contributed by atoms with Gasteiger partial charge in [0.25, 0.3) is 0 Å². The molecule has 5 rings (SSSR count). The molecular weight excluding hydrogens is 446 g/mol. The number of aromatic nitrogens is 2. The molecule has 5 nitrogen and oxygen atoms in total. The van der Waals surface area contributed by atoms with Gasteiger partial charge in [-0.15, -0.1) is 0 Å². The highest BCUT2D eigenvalue weighted by atomic mass is 16.5. The van der Waals surface area contributed by atoms with Gasteiger partial charge in [-0.25, -0.2) is 4.98 Å². The average Bonchev–Trinajstić information content (AvgIpc) is 3.40. The zero-order valence-electron chi connectivity index (χ0n) is 21.8. The van der Waals surface area contributed by atoms with Gasteiger partial charge in [-0.1, -0.05) is 36.4 Å². The van der Waals surface area contributed by atoms with Gasteiger partial charge in [-0.05, 0) is 87.1 Å². The molecule has 0 bridgehead atoms. The summed E-state index contributed by atoms with van der Waals surface area (Å²) in [5.74, 6) is 2.27. The lowest BCUT2D eigenvalue weighted by Gasteiger charge is -2.19. The lowest BCUT2D eigenvalue weighted by molar-refractivity contribution is -0.117. The molecule has 0 N–H and O–H groups in total. The molecule has 36 heavy (non-hydrogen) atoms. The number of para-hydroxylation sites is 3. The maximum atomic E-state index is 13.1. The van der Waals surface area contributed by atoms with Crippen molar-refractivity contribution in [1.29, 1.82) is 0 Å². The molecule has 1 aliphatic heterocycles. The summed E-state index contributed by atoms with van der Waals surface area (Å²) in [6.45, 7) is 10.6. The number of hydrogen-bond donors (Lipinski definition) is 0. The molecule has 0 saturated carbocycles. The van der Waals surface area contributed by atoms with E-state index in [4.69, 9.17) is 9.72 Å². The molecule has 1 amide bonds. The Kier molecular flexibility index (Phi) is 6.82. The monoisotopic (exact) mass is 481 g/mol. The minimum Gasteiger partial charge on any atom is -0.493 e. The number of benzene rings is 3. The molecule has 3 aromatic carbocycles. The van der Waals surface area contributed by atoms with Gasteiger partial charge in [0.2, 0.25) is 5.91 Å². The number of hydrogen-bond acceptors (Lipinski definition) is 3. The molecule has 186 valence electrons. The molecule has 4 aromatic rings. The van der Waals surface area contributed by atoms with Crippen LogP contribution in [-0.2, 0) is 11.3 Å². The van der Waals surface area contributed by atoms with Crippen molar-refractivity contribution in [3.05, 3.63) is 88.7 Å². The molecule has 1 fully saturated rings. The van der Waals surface area contributed by atoms with E-state index in [-0.39, 0.29) is 11.8 Å². The molecule has 1 saturated heterocycles. The molecule has 0 aliphatic carbocycles. The third-order valence-corrected chi connectivity index (χ3v) is 7.12. The zero-order valence-corrected chi connectivity index (χ0v) is 21.8. The summed E-state index contributed by atoms with van der Waals surface area (Å²) in [6, 6.07) is 20.9. The maximum Gasteiger partial charge on any atom is 0.227 e. The summed E-state index contributed by atoms with van der Waals surface area (Å²) < 4.78 is 8.46. The van der Waals surface area contributed by atoms with Gasteiger partial charge in [0, 0.05) is 31.1 Å². The Morgan fingerprint density at radius 1 is 0.917 bits per heavy atom. The van der Waals surface area contributed by atoms with E-state index in [1.165, 1.54) is 22.3 Å². The highest BCUT2D eigenvalue weighted by Crippen LogP contribution is 2.34. The number of amides is 1. The molecule has 5 heteroatoms. The van der Waals surface area contributed by atoms with Crippen LogP contribution in [0.1, 0.15) is 53.3 Å². The van der Waals surface area contributed by atoms with E-state index in [0.717, 1.165) is 47.7 Å². The van der Waals surface area contributed by atoms with Crippen molar-refractivity contribution < 1.29 is 9.53 Å². The topological polar surface area (TPSA) is 47.4 Å². The molecule has 1 aliphatic rings. The second kappa shape index (κ2) is 10.2. The lowest BCUT2D eigenvalue weighted by Crippen LogP contribution is -2.24. The second-order valence-electron chi connectivity index (χ2n) is 10.1. The van der Waals surface area contributed by atoms with Gasteiger partial charge in [0.1, 0.15) is 11.6 Å². The molecule has 0 radical (unpaired) electrons. The zero-order chi connectivity index (χ0) is 25.2. The number of aryl methyl sites for hydroxylation is 5. The van der Waals surface area contributed by atoms with Gasteiger partial charge >= 0.3 is 0 Å². The third-order valence-electron chi connectivity index (χ3n) is 7.12. The van der Waals surface area contributed by atoms with Crippen LogP contribution in [0.25, 0.3) is 11.0 Å². The Labute approximate surface area is 213 Å². The third kappa shape index (κ3) is 4.88. The number of carbonyl (C=O) groups excluding carboxylic acids is 1. The second-order valence-corrected chi connectivity index (χ2v) is 10.1. The van der Waals surface area contributed by atoms with E-state index in [2.05, 4.69) is 86.9 Å². The minimum atomic E-state index is 0.0802. The van der Waals surface area contributed by atoms with Crippen LogP contribution < -0.4 is 9.64 Å². The Balaban J connectivity index is 1.31. The summed E-state index contributed by atoms with van der Waals surface area (Å²) in [5, 5.41) is 0. The van der Waals surface area contributed by atoms with E-state index < -0.39 is 0 Å². The predicted octanol–water partition coefficient (Wildman–Crippen LogP) is 6.65. The van der Waals surface area contributed by atoms with E-state index >= 15 is 0 Å². The van der Waals surface area contributed by atoms with Crippen molar-refractivity contribution in [1.82, 2.24) is 9.55 Å². The Bertz CT molecular complexity index is 1360. The number of anilines is 1. The summed E-state index contributed by atoms with van der Waals surface area (Å²) >= 11 is 0. The van der Waals surface area contributed by atoms with Crippen molar-refractivity contribution >= 4 is 22.6 Å². The van der Waals surface area contributed by atoms with Crippen LogP contribution in [0.3, 0.4) is 0 Å². The highest BCUT2D eigenvalue weighted by Gasteiger charge is 2.35. The SMILES string of the molecule is Cc1cc(C)cc(N2CC(c3nc4ccccc4n3CCCCOc3c(C)cccc3C)CC2=O)c1. The van der Waals surface area contributed by atoms with Crippen LogP contribution in [0.2, 0.25) is 0 Å². The van der Waals surface area contributed by atoms with Crippen molar-refractivity contribution in [2.45, 2.75) is 59.4 Å². The van der Waals surface area contributed by atoms with Crippen molar-refractivity contribution in [3.63, 3.8) is 0 Å². The Morgan fingerprint density at radius 3 is 2.39 bits per heavy atom. The summed E-state index contributed by atoms with van der Waals surface area (Å²) in [4.78, 5) is 20.0. The fraction of sp³-hybridized carbons (Fsp3) is 0.355. The first kappa shape index (κ1) is 24.1. The first-order valence-corrected chi connectivity index (χ1v) is 12.9. The number of unbranched alkanes of at least 4 members (excludes halogenated alkanes) is 1. The van der Waals surface area contributed by atoms with Gasteiger partial charge in [-0.3, -0.25) is 4.79 Å². The van der Waals surface area contributed by atoms with Crippen molar-refractivity contribution in [3.8, 4) is 5.75 Å². The predicted molar refractivity (Wildman–Crippen MR) is 146 cm³/mol. The largest absolute Gasteiger partial charge is 0.493 e. The fourth-order valence-electron chi connectivity index (χ4n) is 5.45. The van der Waals surface area contributed by atoms with Gasteiger partial charge in [-0.2, -0.15) is 0 Å². The van der Waals surface area contributed by atoms with Crippen LogP contribution >= 0.6 is 0 Å². The summed E-state index contributed by atoms with van der Waals surface area (Å²) in [6.07, 6.45) is 2.43. The van der Waals surface area contributed by atoms with Gasteiger partial charge in [0.15, 0.2) is 0 Å². The molecule has 1 atom stereocenters. The van der Waals surface area contributed by atoms with Crippen LogP contribution in [0, 0.1) is 27.7 Å². The standard InChI is InChI=1S/C31H35N3O2/c1-21-16-22(2)18-26(17-21)34-20-25(19-29(34)35)31-32-27-12-5-6-13-28(27)33(31)14-7-8-15-36-30-23(3)10-9-11-24(30)4/h5-6,9-13,16-18,25H,7-8,14-15,19-20H2,1-4H3. The molecule has 2 heterocycles. The molecule has 1 unspecified atom stereocenters. The molecular formula is C31H35N3O2. The minimum absolute atomic E-state index is 0.0802. The van der Waals surface area contributed by atoms with Crippen molar-refractivity contribution in [2.24, 2.45) is 0 Å². The lowest BCUT2D eigenvalue weighted by atomic mass is 10.1. The number of nitrogens with zero attached hydrogens (tertiary/aromatic N) is 3. The van der Waals surface area contributed by atoms with Crippen molar-refractivity contribution in [2.75, 3.05) is 18.1 Å². The number of rotatable bonds is 8. The van der Waals surface area contributed by atoms with Crippen LogP contribution in [0.15, 0.2) is 60.7 Å². The van der Waals surface area contributed by atoms with E-state index in [1.54, 1.807) is 0 Å². The van der Waals surface area contributed by atoms with Gasteiger partial charge in [0.05, 0.1) is 17.6 Å². The molecule has 1 aromatic heterocycles. The average molecular weight is 482 g/mol. The summed E-state index contributed by atoms with van der Waals surface area (Å²) in [5.41, 5.74) is 7.84. The first-order chi connectivity index (χ1) is 17.4. The Hall–Kier alpha value is -3.60. The smallest absolute Gasteiger partial charge is 0.227 e. The van der Waals surface area contributed by atoms with Gasteiger partial charge < -0.3 is 14.2 Å². The number of imidazole rings is 1. The highest BCUT2D eigenvalue weighted by molar-refractivity contribution is 5.96. The Morgan fingerprint density at radius 2 is 1.64 bits per heavy atom. The van der Waals surface area contributed by atoms with Crippen LogP contribution in [0.4, 0.5) is 5.69 Å². The van der Waals surface area contributed by atoms with E-state index in [1.807, 2.05) is 11.0 Å². The van der Waals surface area contributed by atoms with Crippen LogP contribution in [0.5, 0.6) is 5.75 Å². The number of fused-ring (bicyclic) bond motifs is 1. The number of ether oxygens (including phenoxy) is 1.